The minimum absolute atomic E-state index is 0.124. The smallest absolute Gasteiger partial charge is 0.356 e. The van der Waals surface area contributed by atoms with Crippen molar-refractivity contribution >= 4 is 35.3 Å². The van der Waals surface area contributed by atoms with E-state index in [1.807, 2.05) is 12.1 Å². The third-order valence-corrected chi connectivity index (χ3v) is 4.46. The predicted octanol–water partition coefficient (Wildman–Crippen LogP) is 1.90. The van der Waals surface area contributed by atoms with Crippen molar-refractivity contribution in [2.24, 2.45) is 0 Å². The first-order chi connectivity index (χ1) is 11.5. The van der Waals surface area contributed by atoms with Gasteiger partial charge in [-0.25, -0.2) is 9.59 Å². The molecule has 0 aliphatic carbocycles. The van der Waals surface area contributed by atoms with Crippen molar-refractivity contribution in [3.05, 3.63) is 47.9 Å². The highest BCUT2D eigenvalue weighted by atomic mass is 32.2. The average molecular weight is 347 g/mol. The topological polar surface area (TPSA) is 93.1 Å². The molecule has 0 saturated heterocycles. The number of thioether (sulfide) groups is 1. The Kier molecular flexibility index (Phi) is 4.30. The molecule has 1 unspecified atom stereocenters. The number of aliphatic carboxylic acids is 1. The van der Waals surface area contributed by atoms with E-state index in [9.17, 15) is 19.5 Å². The van der Waals surface area contributed by atoms with Crippen LogP contribution in [0.3, 0.4) is 0 Å². The van der Waals surface area contributed by atoms with E-state index in [4.69, 9.17) is 9.47 Å². The maximum absolute atomic E-state index is 12.3. The maximum atomic E-state index is 12.3. The van der Waals surface area contributed by atoms with E-state index in [1.165, 1.54) is 17.8 Å². The monoisotopic (exact) mass is 347 g/mol. The number of hydrogen-bond acceptors (Lipinski definition) is 6. The lowest BCUT2D eigenvalue weighted by Crippen LogP contribution is -2.37. The van der Waals surface area contributed by atoms with E-state index in [0.29, 0.717) is 11.3 Å². The number of carbonyl (C=O) groups excluding carboxylic acids is 2. The summed E-state index contributed by atoms with van der Waals surface area (Å²) < 4.78 is 10.1. The highest BCUT2D eigenvalue weighted by molar-refractivity contribution is 8.00. The molecule has 7 nitrogen and oxygen atoms in total. The van der Waals surface area contributed by atoms with Crippen LogP contribution < -0.4 is 4.90 Å². The van der Waals surface area contributed by atoms with Crippen LogP contribution in [-0.2, 0) is 23.9 Å². The summed E-state index contributed by atoms with van der Waals surface area (Å²) >= 11 is 1.34. The van der Waals surface area contributed by atoms with E-state index in [2.05, 4.69) is 0 Å². The lowest BCUT2D eigenvalue weighted by atomic mass is 10.2. The molecular weight excluding hydrogens is 334 g/mol. The summed E-state index contributed by atoms with van der Waals surface area (Å²) in [4.78, 5) is 37.1. The number of fused-ring (bicyclic) bond motifs is 1. The van der Waals surface area contributed by atoms with Crippen molar-refractivity contribution in [2.75, 3.05) is 10.7 Å². The molecule has 2 aliphatic heterocycles. The molecule has 2 aliphatic rings. The van der Waals surface area contributed by atoms with Gasteiger partial charge in [-0.1, -0.05) is 12.1 Å². The Morgan fingerprint density at radius 2 is 2.17 bits per heavy atom. The Morgan fingerprint density at radius 1 is 1.42 bits per heavy atom. The van der Waals surface area contributed by atoms with Gasteiger partial charge in [0.25, 0.3) is 6.29 Å². The van der Waals surface area contributed by atoms with Gasteiger partial charge in [0, 0.05) is 16.5 Å². The van der Waals surface area contributed by atoms with Crippen LogP contribution in [0.25, 0.3) is 0 Å². The number of carbonyl (C=O) groups is 3. The summed E-state index contributed by atoms with van der Waals surface area (Å²) in [6.07, 6.45) is 1.36. The van der Waals surface area contributed by atoms with Gasteiger partial charge in [-0.05, 0) is 19.1 Å². The fourth-order valence-electron chi connectivity index (χ4n) is 2.27. The number of anilines is 1. The molecule has 8 heteroatoms. The van der Waals surface area contributed by atoms with Crippen LogP contribution >= 0.6 is 11.8 Å². The largest absolute Gasteiger partial charge is 0.476 e. The van der Waals surface area contributed by atoms with Crippen LogP contribution in [0.4, 0.5) is 5.69 Å². The minimum Gasteiger partial charge on any atom is -0.476 e. The number of hydrogen-bond donors (Lipinski definition) is 1. The third-order valence-electron chi connectivity index (χ3n) is 3.41. The lowest BCUT2D eigenvalue weighted by molar-refractivity contribution is -0.152. The van der Waals surface area contributed by atoms with Crippen molar-refractivity contribution in [3.8, 4) is 0 Å². The number of ether oxygens (including phenoxy) is 2. The van der Waals surface area contributed by atoms with E-state index in [0.717, 1.165) is 16.1 Å². The third kappa shape index (κ3) is 3.00. The van der Waals surface area contributed by atoms with Gasteiger partial charge in [-0.2, -0.15) is 0 Å². The van der Waals surface area contributed by atoms with Gasteiger partial charge < -0.3 is 14.6 Å². The van der Waals surface area contributed by atoms with E-state index in [1.54, 1.807) is 19.1 Å². The Morgan fingerprint density at radius 3 is 2.83 bits per heavy atom. The Labute approximate surface area is 141 Å². The summed E-state index contributed by atoms with van der Waals surface area (Å²) in [6, 6.07) is 7.00. The number of esters is 1. The van der Waals surface area contributed by atoms with Crippen molar-refractivity contribution < 1.29 is 29.0 Å². The van der Waals surface area contributed by atoms with Gasteiger partial charge in [-0.15, -0.1) is 11.8 Å². The van der Waals surface area contributed by atoms with E-state index >= 15 is 0 Å². The number of benzene rings is 1. The number of amides is 1. The molecule has 24 heavy (non-hydrogen) atoms. The zero-order valence-corrected chi connectivity index (χ0v) is 13.4. The SMILES string of the molecule is CC1=CC(O/C=C(/C(=O)O)N2C(=O)CSc3ccccc32)OC1=O. The molecule has 2 heterocycles. The molecule has 0 spiro atoms. The Hall–Kier alpha value is -2.74. The van der Waals surface area contributed by atoms with Crippen molar-refractivity contribution in [1.82, 2.24) is 0 Å². The number of cyclic esters (lactones) is 1. The molecule has 0 radical (unpaired) electrons. The number of carboxylic acids is 1. The van der Waals surface area contributed by atoms with Crippen molar-refractivity contribution in [2.45, 2.75) is 18.1 Å². The van der Waals surface area contributed by atoms with E-state index < -0.39 is 18.2 Å². The summed E-state index contributed by atoms with van der Waals surface area (Å²) in [5.41, 5.74) is 0.508. The Bertz CT molecular complexity index is 785. The van der Waals surface area contributed by atoms with Gasteiger partial charge in [0.15, 0.2) is 5.70 Å². The summed E-state index contributed by atoms with van der Waals surface area (Å²) in [7, 11) is 0. The molecule has 0 bridgehead atoms. The molecule has 0 aromatic heterocycles. The molecule has 1 atom stereocenters. The number of para-hydroxylation sites is 1. The van der Waals surface area contributed by atoms with Gasteiger partial charge in [0.1, 0.15) is 6.26 Å². The quantitative estimate of drug-likeness (QED) is 0.505. The van der Waals surface area contributed by atoms with E-state index in [-0.39, 0.29) is 17.4 Å². The first kappa shape index (κ1) is 16.1. The molecule has 1 amide bonds. The first-order valence-electron chi connectivity index (χ1n) is 7.00. The average Bonchev–Trinajstić information content (AvgIpc) is 2.87. The summed E-state index contributed by atoms with van der Waals surface area (Å²) in [5, 5.41) is 9.47. The molecule has 1 aromatic carbocycles. The molecule has 1 N–H and O–H groups in total. The second kappa shape index (κ2) is 6.40. The van der Waals surface area contributed by atoms with Gasteiger partial charge in [0.2, 0.25) is 5.91 Å². The molecule has 0 fully saturated rings. The molecule has 0 saturated carbocycles. The van der Waals surface area contributed by atoms with Gasteiger partial charge in [-0.3, -0.25) is 9.69 Å². The fourth-order valence-corrected chi connectivity index (χ4v) is 3.16. The summed E-state index contributed by atoms with van der Waals surface area (Å²) in [5.74, 6) is -2.10. The number of nitrogens with zero attached hydrogens (tertiary/aromatic N) is 1. The minimum atomic E-state index is -1.32. The fraction of sp³-hybridized carbons (Fsp3) is 0.188. The highest BCUT2D eigenvalue weighted by Crippen LogP contribution is 2.37. The van der Waals surface area contributed by atoms with Crippen molar-refractivity contribution in [1.29, 1.82) is 0 Å². The zero-order valence-electron chi connectivity index (χ0n) is 12.6. The molecule has 124 valence electrons. The normalized spacial score (nSPS) is 20.4. The van der Waals surface area contributed by atoms with Gasteiger partial charge >= 0.3 is 11.9 Å². The first-order valence-corrected chi connectivity index (χ1v) is 7.99. The Balaban J connectivity index is 1.91. The van der Waals surface area contributed by atoms with Crippen molar-refractivity contribution in [3.63, 3.8) is 0 Å². The van der Waals surface area contributed by atoms with Gasteiger partial charge in [0.05, 0.1) is 11.4 Å². The van der Waals surface area contributed by atoms with Crippen LogP contribution in [0.2, 0.25) is 0 Å². The molecule has 1 aromatic rings. The van der Waals surface area contributed by atoms with Crippen LogP contribution in [-0.4, -0.2) is 35.0 Å². The summed E-state index contributed by atoms with van der Waals surface area (Å²) in [6.45, 7) is 1.56. The molecule has 3 rings (SSSR count). The second-order valence-electron chi connectivity index (χ2n) is 5.05. The zero-order chi connectivity index (χ0) is 17.3. The number of carboxylic acid groups (broad SMARTS) is 1. The maximum Gasteiger partial charge on any atom is 0.356 e. The predicted molar refractivity (Wildman–Crippen MR) is 85.1 cm³/mol. The van der Waals surface area contributed by atoms with Crippen LogP contribution in [0, 0.1) is 0 Å². The second-order valence-corrected chi connectivity index (χ2v) is 6.07. The van der Waals surface area contributed by atoms with Crippen LogP contribution in [0.15, 0.2) is 52.8 Å². The lowest BCUT2D eigenvalue weighted by Gasteiger charge is -2.28. The highest BCUT2D eigenvalue weighted by Gasteiger charge is 2.32. The number of rotatable bonds is 4. The standard InChI is InChI=1S/C16H13NO6S/c1-9-6-14(23-16(9)21)22-7-11(15(19)20)17-10-4-2-3-5-12(10)24-8-13(17)18/h2-7,14H,8H2,1H3,(H,19,20)/b11-7-. The van der Waals surface area contributed by atoms with Crippen LogP contribution in [0.1, 0.15) is 6.92 Å². The molecular formula is C16H13NO6S. The van der Waals surface area contributed by atoms with Crippen LogP contribution in [0.5, 0.6) is 0 Å².